The van der Waals surface area contributed by atoms with Crippen molar-refractivity contribution in [2.75, 3.05) is 159 Å². The number of carbonyl (C=O) groups is 4. The molecule has 29 heteroatoms. The topological polar surface area (TPSA) is 262 Å². The van der Waals surface area contributed by atoms with Crippen LogP contribution >= 0.6 is 58.0 Å². The normalized spacial score (nSPS) is 19.9. The number of morpholine rings is 1. The van der Waals surface area contributed by atoms with Gasteiger partial charge in [-0.1, -0.05) is 64.1 Å². The van der Waals surface area contributed by atoms with Gasteiger partial charge in [0.25, 0.3) is 0 Å². The molecular weight excluding hydrogens is 1690 g/mol. The number of ether oxygens (including phenoxy) is 5. The molecule has 8 fully saturated rings. The van der Waals surface area contributed by atoms with E-state index in [1.54, 1.807) is 36.7 Å². The van der Waals surface area contributed by atoms with Gasteiger partial charge in [0.15, 0.2) is 5.78 Å². The zero-order valence-corrected chi connectivity index (χ0v) is 74.0. The van der Waals surface area contributed by atoms with Crippen LogP contribution in [0, 0.1) is 58.9 Å². The fourth-order valence-electron chi connectivity index (χ4n) is 16.8. The van der Waals surface area contributed by atoms with Gasteiger partial charge in [-0.15, -0.1) is 0 Å². The second kappa shape index (κ2) is 48.4. The van der Waals surface area contributed by atoms with Crippen molar-refractivity contribution in [1.82, 2.24) is 41.2 Å². The zero-order chi connectivity index (χ0) is 86.5. The smallest absolute Gasteiger partial charge is 0.168 e. The van der Waals surface area contributed by atoms with Crippen LogP contribution in [0.1, 0.15) is 113 Å². The van der Waals surface area contributed by atoms with Gasteiger partial charge in [0, 0.05) is 241 Å². The quantitative estimate of drug-likeness (QED) is 0.0227. The predicted molar refractivity (Wildman–Crippen MR) is 486 cm³/mol. The van der Waals surface area contributed by atoms with Crippen LogP contribution in [0.15, 0.2) is 122 Å². The lowest BCUT2D eigenvalue weighted by Crippen LogP contribution is -2.43. The van der Waals surface area contributed by atoms with Gasteiger partial charge in [-0.05, 0) is 241 Å². The van der Waals surface area contributed by atoms with E-state index in [1.807, 2.05) is 42.5 Å². The third-order valence-corrected chi connectivity index (χ3v) is 25.8. The molecule has 0 radical (unpaired) electrons. The maximum absolute atomic E-state index is 14.7. The Kier molecular flexibility index (Phi) is 36.7. The molecule has 124 heavy (non-hydrogen) atoms. The number of nitrogens with one attached hydrogen (secondary N) is 8. The van der Waals surface area contributed by atoms with E-state index in [1.165, 1.54) is 42.7 Å². The van der Waals surface area contributed by atoms with Gasteiger partial charge in [0.05, 0.1) is 43.8 Å². The predicted octanol–water partition coefficient (Wildman–Crippen LogP) is 17.5. The first-order valence-electron chi connectivity index (χ1n) is 44.0. The number of anilines is 4. The van der Waals surface area contributed by atoms with E-state index >= 15 is 0 Å². The molecule has 0 spiro atoms. The Bertz CT molecular complexity index is 4690. The Balaban J connectivity index is 0.000000142. The fourth-order valence-corrected chi connectivity index (χ4v) is 17.8. The summed E-state index contributed by atoms with van der Waals surface area (Å²) < 4.78 is 70.6. The summed E-state index contributed by atoms with van der Waals surface area (Å²) in [6.45, 7) is 16.5. The van der Waals surface area contributed by atoms with Crippen LogP contribution in [0.25, 0.3) is 44.5 Å². The van der Waals surface area contributed by atoms with Crippen LogP contribution in [0.3, 0.4) is 0 Å². The Morgan fingerprint density at radius 1 is 0.347 bits per heavy atom. The number of rotatable bonds is 28. The monoisotopic (exact) mass is 1800 g/mol. The van der Waals surface area contributed by atoms with Crippen molar-refractivity contribution in [2.24, 2.45) is 41.4 Å². The molecule has 8 aliphatic rings. The third kappa shape index (κ3) is 28.6. The molecule has 0 amide bonds. The number of Topliss-reactive ketones (excluding diaryl/α,β-unsaturated/α-hetero) is 4. The fraction of sp³-hybridized carbons (Fsp3) is 0.495. The van der Waals surface area contributed by atoms with Gasteiger partial charge in [-0.25, -0.2) is 13.2 Å². The summed E-state index contributed by atoms with van der Waals surface area (Å²) in [4.78, 5) is 67.9. The van der Waals surface area contributed by atoms with Crippen LogP contribution in [-0.2, 0) is 68.5 Å². The lowest BCUT2D eigenvalue weighted by Gasteiger charge is -2.23. The van der Waals surface area contributed by atoms with Crippen LogP contribution in [0.4, 0.5) is 35.9 Å². The number of hydrogen-bond donors (Lipinski definition) is 8. The number of ketones is 4. The number of piperidine rings is 3. The molecule has 4 atom stereocenters. The summed E-state index contributed by atoms with van der Waals surface area (Å²) in [5.41, 5.74) is 11.2. The maximum Gasteiger partial charge on any atom is 0.168 e. The van der Waals surface area contributed by atoms with Crippen molar-refractivity contribution in [3.05, 3.63) is 187 Å². The molecule has 4 aromatic heterocycles. The van der Waals surface area contributed by atoms with Gasteiger partial charge in [0.1, 0.15) is 40.9 Å². The number of halogens is 8. The van der Waals surface area contributed by atoms with E-state index in [0.29, 0.717) is 125 Å². The molecule has 21 nitrogen and oxygen atoms in total. The SMILES string of the molecule is O=C(Cc1cc(-c2cc(F)cc(NCC3CCOCC3)c2)c(Cl)cn1)C1CNCCO1.O=C(Cc1cc(-c2cc(F)cc(NCC3CCOCC3)c2)c(Cl)cn1)[C@H]1CCCNC1.O=C(Cc1cc(-c2cc(NCC3CCOCC3)ccc2F)c(Cl)cn1)[C@@H]1CCCNC1.O=C(Cc1cc(-c2ccc(Cl)c(NCC3CCOCC3)c2)c(Cl)cn1)[C@@H]1CCCNC1. The minimum Gasteiger partial charge on any atom is -0.385 e. The highest BCUT2D eigenvalue weighted by Gasteiger charge is 2.29. The first kappa shape index (κ1) is 93.9. The van der Waals surface area contributed by atoms with Crippen molar-refractivity contribution < 1.29 is 56.0 Å². The maximum atomic E-state index is 14.7. The summed E-state index contributed by atoms with van der Waals surface area (Å²) in [7, 11) is 0. The summed E-state index contributed by atoms with van der Waals surface area (Å²) in [5.74, 6) is 1.84. The number of carbonyl (C=O) groups excluding carboxylic acids is 4. The average Bonchev–Trinajstić information content (AvgIpc) is 0.629. The summed E-state index contributed by atoms with van der Waals surface area (Å²) in [5, 5.41) is 29.1. The number of benzene rings is 4. The van der Waals surface area contributed by atoms with Gasteiger partial charge in [-0.2, -0.15) is 0 Å². The minimum atomic E-state index is -0.468. The van der Waals surface area contributed by atoms with Gasteiger partial charge in [0.2, 0.25) is 0 Å². The highest BCUT2D eigenvalue weighted by atomic mass is 35.5. The van der Waals surface area contributed by atoms with Crippen molar-refractivity contribution >= 4 is 104 Å². The second-order valence-electron chi connectivity index (χ2n) is 33.5. The standard InChI is InChI=1S/C24H29Cl2N3O2.2C24H29ClFN3O2.C23H27ClFN3O3/c25-21-4-3-17(10-23(21)29-13-16-5-8-31-9-6-16)20-11-19(28-15-22(20)26)12-24(30)18-2-1-7-27-14-18;25-23-15-29-21(12-24(30)17-2-1-5-27-14-17)11-22(23)18-8-19(26)10-20(9-18)28-13-16-3-6-31-7-4-16;25-22-15-29-19(12-24(30)17-2-1-7-27-14-17)11-20(22)21-10-18(3-4-23(21)26)28-13-16-5-8-31-9-6-16;24-21-13-28-19(11-22(29)23-14-26-3-6-31-23)10-20(21)16-7-17(25)9-18(8-16)27-12-15-1-4-30-5-2-15/h3-4,10-11,15-16,18,27,29H,1-2,5-9,12-14H2;8-11,15-17,27-28H,1-7,12-14H2;3-4,10-11,15-17,27-28H,1-2,5-9,12-14H2;7-10,13,15,23,26-27H,1-6,11-12,14H2/t18-;2*17-;/m101./s1. The minimum absolute atomic E-state index is 0.0177. The molecule has 8 aliphatic heterocycles. The second-order valence-corrected chi connectivity index (χ2v) is 35.5. The first-order valence-corrected chi connectivity index (χ1v) is 45.9. The molecule has 0 saturated carbocycles. The Hall–Kier alpha value is -7.76. The lowest BCUT2D eigenvalue weighted by molar-refractivity contribution is -0.131. The molecule has 0 aliphatic carbocycles. The zero-order valence-electron chi connectivity index (χ0n) is 70.2. The summed E-state index contributed by atoms with van der Waals surface area (Å²) >= 11 is 32.1. The van der Waals surface area contributed by atoms with E-state index in [9.17, 15) is 32.3 Å². The van der Waals surface area contributed by atoms with Crippen LogP contribution in [0.5, 0.6) is 0 Å². The van der Waals surface area contributed by atoms with E-state index in [2.05, 4.69) is 62.5 Å². The molecule has 0 bridgehead atoms. The molecule has 1 unspecified atom stereocenters. The van der Waals surface area contributed by atoms with Gasteiger partial charge < -0.3 is 66.2 Å². The first-order chi connectivity index (χ1) is 60.4. The largest absolute Gasteiger partial charge is 0.385 e. The number of pyridine rings is 4. The summed E-state index contributed by atoms with van der Waals surface area (Å²) in [6.07, 6.45) is 20.8. The van der Waals surface area contributed by atoms with E-state index in [-0.39, 0.29) is 77.6 Å². The molecule has 8 saturated heterocycles. The average molecular weight is 1800 g/mol. The van der Waals surface area contributed by atoms with Crippen molar-refractivity contribution in [3.8, 4) is 44.5 Å². The Morgan fingerprint density at radius 2 is 0.718 bits per heavy atom. The van der Waals surface area contributed by atoms with Crippen molar-refractivity contribution in [2.45, 2.75) is 122 Å². The van der Waals surface area contributed by atoms with Gasteiger partial charge in [-0.3, -0.25) is 39.1 Å². The third-order valence-electron chi connectivity index (χ3n) is 24.3. The molecule has 4 aromatic carbocycles. The van der Waals surface area contributed by atoms with Crippen LogP contribution in [-0.4, -0.2) is 187 Å². The molecule has 664 valence electrons. The van der Waals surface area contributed by atoms with Crippen molar-refractivity contribution in [1.29, 1.82) is 0 Å². The highest BCUT2D eigenvalue weighted by molar-refractivity contribution is 6.35. The van der Waals surface area contributed by atoms with Crippen molar-refractivity contribution in [3.63, 3.8) is 0 Å². The number of nitrogens with zero attached hydrogens (tertiary/aromatic N) is 4. The van der Waals surface area contributed by atoms with E-state index in [4.69, 9.17) is 81.7 Å². The molecule has 12 heterocycles. The summed E-state index contributed by atoms with van der Waals surface area (Å²) in [6, 6.07) is 27.8. The Morgan fingerprint density at radius 3 is 1.11 bits per heavy atom. The molecular formula is C95H114Cl5F3N12O9. The lowest BCUT2D eigenvalue weighted by atomic mass is 9.92. The number of hydrogen-bond acceptors (Lipinski definition) is 21. The molecule has 8 N–H and O–H groups in total. The number of aromatic nitrogens is 4. The highest BCUT2D eigenvalue weighted by Crippen LogP contribution is 2.38. The van der Waals surface area contributed by atoms with E-state index in [0.717, 1.165) is 249 Å². The Labute approximate surface area is 750 Å². The van der Waals surface area contributed by atoms with Gasteiger partial charge >= 0.3 is 0 Å². The van der Waals surface area contributed by atoms with Crippen LogP contribution < -0.4 is 42.5 Å². The van der Waals surface area contributed by atoms with Crippen LogP contribution in [0.2, 0.25) is 25.1 Å². The van der Waals surface area contributed by atoms with E-state index < -0.39 is 6.10 Å². The molecule has 8 aromatic rings. The molecule has 16 rings (SSSR count).